The molecule has 0 aromatic heterocycles. The number of non-ortho nitro benzene ring substituents is 1. The van der Waals surface area contributed by atoms with Crippen molar-refractivity contribution < 1.29 is 23.6 Å². The standard InChI is InChI=1S/C22H16BrFN4O5/c23-16-8-9-20(33-13-21(29)26-19-7-2-1-6-18(19)24)15(10-16)12-25-27-22(30)14-4-3-5-17(11-14)28(31)32/h1-12H,13H2,(H,26,29)(H,27,30)/b25-12+. The maximum atomic E-state index is 13.7. The van der Waals surface area contributed by atoms with Gasteiger partial charge < -0.3 is 10.1 Å². The van der Waals surface area contributed by atoms with Crippen LogP contribution in [0.1, 0.15) is 15.9 Å². The molecule has 33 heavy (non-hydrogen) atoms. The van der Waals surface area contributed by atoms with E-state index in [-0.39, 0.29) is 22.7 Å². The van der Waals surface area contributed by atoms with E-state index in [0.717, 1.165) is 6.07 Å². The first-order valence-electron chi connectivity index (χ1n) is 9.38. The van der Waals surface area contributed by atoms with E-state index in [0.29, 0.717) is 10.0 Å². The first kappa shape index (κ1) is 23.5. The number of carbonyl (C=O) groups is 2. The Balaban J connectivity index is 1.64. The topological polar surface area (TPSA) is 123 Å². The normalized spacial score (nSPS) is 10.6. The molecule has 0 saturated heterocycles. The summed E-state index contributed by atoms with van der Waals surface area (Å²) in [6, 6.07) is 15.9. The van der Waals surface area contributed by atoms with E-state index in [9.17, 15) is 24.1 Å². The highest BCUT2D eigenvalue weighted by Gasteiger charge is 2.12. The van der Waals surface area contributed by atoms with E-state index in [1.807, 2.05) is 0 Å². The molecular weight excluding hydrogens is 499 g/mol. The minimum Gasteiger partial charge on any atom is -0.483 e. The summed E-state index contributed by atoms with van der Waals surface area (Å²) in [5.41, 5.74) is 2.59. The van der Waals surface area contributed by atoms with Gasteiger partial charge in [0.15, 0.2) is 6.61 Å². The lowest BCUT2D eigenvalue weighted by Gasteiger charge is -2.10. The van der Waals surface area contributed by atoms with Crippen molar-refractivity contribution in [3.05, 3.63) is 98.3 Å². The van der Waals surface area contributed by atoms with Gasteiger partial charge in [0.05, 0.1) is 16.8 Å². The Morgan fingerprint density at radius 1 is 1.12 bits per heavy atom. The van der Waals surface area contributed by atoms with Crippen LogP contribution in [0.5, 0.6) is 5.75 Å². The van der Waals surface area contributed by atoms with Crippen molar-refractivity contribution >= 4 is 45.3 Å². The lowest BCUT2D eigenvalue weighted by atomic mass is 10.2. The fourth-order valence-electron chi connectivity index (χ4n) is 2.63. The Morgan fingerprint density at radius 2 is 1.91 bits per heavy atom. The monoisotopic (exact) mass is 514 g/mol. The molecule has 0 aliphatic rings. The highest BCUT2D eigenvalue weighted by molar-refractivity contribution is 9.10. The molecule has 2 amide bonds. The van der Waals surface area contributed by atoms with Gasteiger partial charge in [-0.25, -0.2) is 9.82 Å². The van der Waals surface area contributed by atoms with Crippen LogP contribution in [-0.4, -0.2) is 29.6 Å². The average molecular weight is 515 g/mol. The lowest BCUT2D eigenvalue weighted by Crippen LogP contribution is -2.21. The third kappa shape index (κ3) is 6.68. The second-order valence-electron chi connectivity index (χ2n) is 6.51. The third-order valence-corrected chi connectivity index (χ3v) is 4.66. The first-order valence-corrected chi connectivity index (χ1v) is 10.2. The molecule has 0 aliphatic heterocycles. The highest BCUT2D eigenvalue weighted by Crippen LogP contribution is 2.22. The van der Waals surface area contributed by atoms with Crippen molar-refractivity contribution in [2.24, 2.45) is 5.10 Å². The zero-order valence-corrected chi connectivity index (χ0v) is 18.4. The van der Waals surface area contributed by atoms with Gasteiger partial charge in [-0.3, -0.25) is 19.7 Å². The quantitative estimate of drug-likeness (QED) is 0.264. The van der Waals surface area contributed by atoms with E-state index in [4.69, 9.17) is 4.74 Å². The van der Waals surface area contributed by atoms with Crippen LogP contribution in [-0.2, 0) is 4.79 Å². The van der Waals surface area contributed by atoms with Crippen LogP contribution in [0.4, 0.5) is 15.8 Å². The van der Waals surface area contributed by atoms with Gasteiger partial charge in [0, 0.05) is 27.7 Å². The molecule has 0 radical (unpaired) electrons. The number of para-hydroxylation sites is 1. The molecule has 3 aromatic carbocycles. The summed E-state index contributed by atoms with van der Waals surface area (Å²) < 4.78 is 19.9. The Morgan fingerprint density at radius 3 is 2.67 bits per heavy atom. The smallest absolute Gasteiger partial charge is 0.271 e. The number of rotatable bonds is 8. The number of carbonyl (C=O) groups excluding carboxylic acids is 2. The van der Waals surface area contributed by atoms with Crippen LogP contribution < -0.4 is 15.5 Å². The van der Waals surface area contributed by atoms with Crippen molar-refractivity contribution in [3.63, 3.8) is 0 Å². The van der Waals surface area contributed by atoms with Gasteiger partial charge in [-0.05, 0) is 36.4 Å². The number of nitro benzene ring substituents is 1. The maximum Gasteiger partial charge on any atom is 0.271 e. The molecule has 0 fully saturated rings. The minimum absolute atomic E-state index is 0.0348. The van der Waals surface area contributed by atoms with Crippen molar-refractivity contribution in [2.45, 2.75) is 0 Å². The van der Waals surface area contributed by atoms with Crippen LogP contribution >= 0.6 is 15.9 Å². The minimum atomic E-state index is -0.642. The summed E-state index contributed by atoms with van der Waals surface area (Å²) in [6.45, 7) is -0.392. The average Bonchev–Trinajstić information content (AvgIpc) is 2.80. The van der Waals surface area contributed by atoms with Crippen molar-refractivity contribution in [1.82, 2.24) is 5.43 Å². The number of nitro groups is 1. The van der Waals surface area contributed by atoms with Crippen LogP contribution in [0.2, 0.25) is 0 Å². The second-order valence-corrected chi connectivity index (χ2v) is 7.42. The molecule has 0 bridgehead atoms. The summed E-state index contributed by atoms with van der Waals surface area (Å²) in [4.78, 5) is 34.6. The number of nitrogens with one attached hydrogen (secondary N) is 2. The largest absolute Gasteiger partial charge is 0.483 e. The van der Waals surface area contributed by atoms with Crippen molar-refractivity contribution in [1.29, 1.82) is 0 Å². The van der Waals surface area contributed by atoms with Gasteiger partial charge in [-0.2, -0.15) is 5.10 Å². The predicted octanol–water partition coefficient (Wildman–Crippen LogP) is 4.28. The number of benzene rings is 3. The van der Waals surface area contributed by atoms with Crippen LogP contribution in [0, 0.1) is 15.9 Å². The molecule has 11 heteroatoms. The number of amides is 2. The summed E-state index contributed by atoms with van der Waals surface area (Å²) in [7, 11) is 0. The van der Waals surface area contributed by atoms with Gasteiger partial charge in [-0.1, -0.05) is 34.1 Å². The first-order chi connectivity index (χ1) is 15.8. The fourth-order valence-corrected chi connectivity index (χ4v) is 3.01. The van der Waals surface area contributed by atoms with Gasteiger partial charge in [0.1, 0.15) is 11.6 Å². The van der Waals surface area contributed by atoms with Gasteiger partial charge in [0.2, 0.25) is 0 Å². The number of nitrogens with zero attached hydrogens (tertiary/aromatic N) is 2. The van der Waals surface area contributed by atoms with E-state index >= 15 is 0 Å². The van der Waals surface area contributed by atoms with Gasteiger partial charge >= 0.3 is 0 Å². The van der Waals surface area contributed by atoms with Crippen molar-refractivity contribution in [2.75, 3.05) is 11.9 Å². The SMILES string of the molecule is O=C(COc1ccc(Br)cc1/C=N/NC(=O)c1cccc([N+](=O)[O-])c1)Nc1ccccc1F. The van der Waals surface area contributed by atoms with Crippen LogP contribution in [0.15, 0.2) is 76.3 Å². The zero-order valence-electron chi connectivity index (χ0n) is 16.8. The zero-order chi connectivity index (χ0) is 23.8. The molecule has 0 heterocycles. The number of ether oxygens (including phenoxy) is 1. The predicted molar refractivity (Wildman–Crippen MR) is 123 cm³/mol. The highest BCUT2D eigenvalue weighted by atomic mass is 79.9. The lowest BCUT2D eigenvalue weighted by molar-refractivity contribution is -0.384. The number of anilines is 1. The molecule has 168 valence electrons. The molecule has 2 N–H and O–H groups in total. The van der Waals surface area contributed by atoms with E-state index in [1.165, 1.54) is 42.6 Å². The molecule has 0 atom stereocenters. The second kappa shape index (κ2) is 11.0. The van der Waals surface area contributed by atoms with Crippen LogP contribution in [0.25, 0.3) is 0 Å². The van der Waals surface area contributed by atoms with Crippen molar-refractivity contribution in [3.8, 4) is 5.75 Å². The van der Waals surface area contributed by atoms with Crippen LogP contribution in [0.3, 0.4) is 0 Å². The molecule has 0 spiro atoms. The Hall–Kier alpha value is -4.12. The fraction of sp³-hybridized carbons (Fsp3) is 0.0455. The maximum absolute atomic E-state index is 13.7. The molecule has 3 aromatic rings. The van der Waals surface area contributed by atoms with Gasteiger partial charge in [-0.15, -0.1) is 0 Å². The van der Waals surface area contributed by atoms with E-state index in [1.54, 1.807) is 24.3 Å². The number of hydrogen-bond acceptors (Lipinski definition) is 6. The third-order valence-electron chi connectivity index (χ3n) is 4.17. The summed E-state index contributed by atoms with van der Waals surface area (Å²) >= 11 is 3.32. The molecule has 0 unspecified atom stereocenters. The molecule has 0 aliphatic carbocycles. The summed E-state index contributed by atoms with van der Waals surface area (Å²) in [5, 5.41) is 17.1. The molecule has 0 saturated carbocycles. The summed E-state index contributed by atoms with van der Waals surface area (Å²) in [5.74, 6) is -1.49. The Kier molecular flexibility index (Phi) is 7.82. The number of hydrogen-bond donors (Lipinski definition) is 2. The molecule has 9 nitrogen and oxygen atoms in total. The molecular formula is C22H16BrFN4O5. The van der Waals surface area contributed by atoms with E-state index < -0.39 is 29.2 Å². The van der Waals surface area contributed by atoms with E-state index in [2.05, 4.69) is 31.8 Å². The van der Waals surface area contributed by atoms with Gasteiger partial charge in [0.25, 0.3) is 17.5 Å². The summed E-state index contributed by atoms with van der Waals surface area (Å²) in [6.07, 6.45) is 1.30. The Labute approximate surface area is 195 Å². The number of halogens is 2. The Bertz CT molecular complexity index is 1230. The number of hydrazone groups is 1. The molecule has 3 rings (SSSR count).